The van der Waals surface area contributed by atoms with Gasteiger partial charge in [-0.1, -0.05) is 24.6 Å². The van der Waals surface area contributed by atoms with Crippen LogP contribution in [-0.2, 0) is 19.4 Å². The first-order chi connectivity index (χ1) is 9.36. The maximum absolute atomic E-state index is 12.3. The Morgan fingerprint density at radius 3 is 2.45 bits per heavy atom. The number of hydrogen-bond acceptors (Lipinski definition) is 4. The Bertz CT molecular complexity index is 619. The molecule has 0 radical (unpaired) electrons. The summed E-state index contributed by atoms with van der Waals surface area (Å²) in [7, 11) is -3.67. The molecule has 20 heavy (non-hydrogen) atoms. The van der Waals surface area contributed by atoms with Crippen molar-refractivity contribution in [3.05, 3.63) is 30.3 Å². The summed E-state index contributed by atoms with van der Waals surface area (Å²) in [4.78, 5) is 24.4. The molecule has 1 fully saturated rings. The molecule has 1 saturated carbocycles. The topological polar surface area (TPSA) is 68.3 Å². The molecule has 1 aromatic carbocycles. The van der Waals surface area contributed by atoms with Crippen molar-refractivity contribution in [1.29, 1.82) is 0 Å². The number of Topliss-reactive ketones (excluding diaryl/α,β-unsaturated/α-hetero) is 2. The maximum atomic E-state index is 12.3. The van der Waals surface area contributed by atoms with Crippen LogP contribution in [0.1, 0.15) is 32.6 Å². The van der Waals surface area contributed by atoms with Gasteiger partial charge in [0.15, 0.2) is 15.6 Å². The molecule has 1 aliphatic carbocycles. The van der Waals surface area contributed by atoms with Crippen LogP contribution in [0, 0.1) is 5.41 Å². The molecule has 4 nitrogen and oxygen atoms in total. The van der Waals surface area contributed by atoms with E-state index in [-0.39, 0.29) is 10.7 Å². The van der Waals surface area contributed by atoms with Gasteiger partial charge in [0, 0.05) is 6.42 Å². The quantitative estimate of drug-likeness (QED) is 0.798. The first-order valence-electron chi connectivity index (χ1n) is 6.71. The van der Waals surface area contributed by atoms with Gasteiger partial charge in [0.25, 0.3) is 0 Å². The minimum atomic E-state index is -3.67. The third kappa shape index (κ3) is 2.82. The average molecular weight is 294 g/mol. The summed E-state index contributed by atoms with van der Waals surface area (Å²) < 4.78 is 24.4. The second-order valence-electron chi connectivity index (χ2n) is 5.46. The van der Waals surface area contributed by atoms with Crippen molar-refractivity contribution in [2.24, 2.45) is 5.41 Å². The van der Waals surface area contributed by atoms with E-state index >= 15 is 0 Å². The fourth-order valence-electron chi connectivity index (χ4n) is 2.52. The third-order valence-corrected chi connectivity index (χ3v) is 5.62. The summed E-state index contributed by atoms with van der Waals surface area (Å²) in [6, 6.07) is 7.88. The van der Waals surface area contributed by atoms with Gasteiger partial charge in [-0.3, -0.25) is 9.59 Å². The Hall–Kier alpha value is -1.49. The van der Waals surface area contributed by atoms with E-state index in [0.717, 1.165) is 12.8 Å². The summed E-state index contributed by atoms with van der Waals surface area (Å²) in [5.41, 5.74) is -1.12. The van der Waals surface area contributed by atoms with E-state index in [0.29, 0.717) is 12.8 Å². The van der Waals surface area contributed by atoms with Crippen LogP contribution in [0.5, 0.6) is 0 Å². The van der Waals surface area contributed by atoms with Crippen molar-refractivity contribution >= 4 is 21.4 Å². The zero-order chi connectivity index (χ0) is 14.8. The summed E-state index contributed by atoms with van der Waals surface area (Å²) >= 11 is 0. The van der Waals surface area contributed by atoms with Gasteiger partial charge in [0.2, 0.25) is 0 Å². The molecule has 0 bridgehead atoms. The smallest absolute Gasteiger partial charge is 0.185 e. The molecule has 0 N–H and O–H groups in total. The normalized spacial score (nSPS) is 23.6. The molecule has 0 amide bonds. The van der Waals surface area contributed by atoms with Gasteiger partial charge in [-0.25, -0.2) is 8.42 Å². The summed E-state index contributed by atoms with van der Waals surface area (Å²) in [5.74, 6) is -1.21. The molecule has 1 atom stereocenters. The summed E-state index contributed by atoms with van der Waals surface area (Å²) in [6.07, 6.45) is 2.40. The van der Waals surface area contributed by atoms with Crippen molar-refractivity contribution in [2.45, 2.75) is 37.5 Å². The molecule has 0 aromatic heterocycles. The molecule has 5 heteroatoms. The monoisotopic (exact) mass is 294 g/mol. The number of rotatable bonds is 4. The Morgan fingerprint density at radius 2 is 1.85 bits per heavy atom. The van der Waals surface area contributed by atoms with Crippen molar-refractivity contribution < 1.29 is 18.0 Å². The van der Waals surface area contributed by atoms with E-state index in [9.17, 15) is 18.0 Å². The largest absolute Gasteiger partial charge is 0.299 e. The molecule has 0 heterocycles. The van der Waals surface area contributed by atoms with Crippen LogP contribution < -0.4 is 0 Å². The molecule has 0 saturated heterocycles. The fraction of sp³-hybridized carbons (Fsp3) is 0.467. The minimum absolute atomic E-state index is 0.125. The molecule has 108 valence electrons. The van der Waals surface area contributed by atoms with Gasteiger partial charge in [-0.15, -0.1) is 0 Å². The lowest BCUT2D eigenvalue weighted by atomic mass is 9.72. The molecule has 1 unspecified atom stereocenters. The van der Waals surface area contributed by atoms with Crippen molar-refractivity contribution in [1.82, 2.24) is 0 Å². The second-order valence-corrected chi connectivity index (χ2v) is 7.45. The van der Waals surface area contributed by atoms with Crippen LogP contribution >= 0.6 is 0 Å². The van der Waals surface area contributed by atoms with E-state index in [1.165, 1.54) is 12.1 Å². The van der Waals surface area contributed by atoms with Gasteiger partial charge in [-0.2, -0.15) is 0 Å². The van der Waals surface area contributed by atoms with E-state index in [4.69, 9.17) is 0 Å². The average Bonchev–Trinajstić information content (AvgIpc) is 2.43. The van der Waals surface area contributed by atoms with Gasteiger partial charge in [0.1, 0.15) is 11.5 Å². The summed E-state index contributed by atoms with van der Waals surface area (Å²) in [6.45, 7) is 1.58. The highest BCUT2D eigenvalue weighted by molar-refractivity contribution is 7.92. The van der Waals surface area contributed by atoms with E-state index in [1.807, 2.05) is 0 Å². The first kappa shape index (κ1) is 14.9. The molecule has 1 aliphatic rings. The van der Waals surface area contributed by atoms with Crippen molar-refractivity contribution in [3.8, 4) is 0 Å². The van der Waals surface area contributed by atoms with E-state index < -0.39 is 26.8 Å². The van der Waals surface area contributed by atoms with Gasteiger partial charge < -0.3 is 0 Å². The SMILES string of the molecule is CC1(C(=O)CS(=O)(=O)c2ccccc2)CCCCC1=O. The predicted molar refractivity (Wildman–Crippen MR) is 75.1 cm³/mol. The van der Waals surface area contributed by atoms with Crippen LogP contribution in [0.25, 0.3) is 0 Å². The third-order valence-electron chi connectivity index (χ3n) is 3.98. The number of hydrogen-bond donors (Lipinski definition) is 0. The van der Waals surface area contributed by atoms with Crippen LogP contribution in [0.3, 0.4) is 0 Å². The number of ketones is 2. The second kappa shape index (κ2) is 5.48. The Kier molecular flexibility index (Phi) is 4.09. The van der Waals surface area contributed by atoms with Gasteiger partial charge in [0.05, 0.1) is 10.3 Å². The van der Waals surface area contributed by atoms with Gasteiger partial charge >= 0.3 is 0 Å². The van der Waals surface area contributed by atoms with Crippen molar-refractivity contribution in [3.63, 3.8) is 0 Å². The molecular formula is C15H18O4S. The van der Waals surface area contributed by atoms with Crippen LogP contribution in [0.4, 0.5) is 0 Å². The first-order valence-corrected chi connectivity index (χ1v) is 8.36. The van der Waals surface area contributed by atoms with E-state index in [2.05, 4.69) is 0 Å². The number of sulfone groups is 1. The standard InChI is InChI=1S/C15H18O4S/c1-15(10-6-5-9-13(15)16)14(17)11-20(18,19)12-7-3-2-4-8-12/h2-4,7-8H,5-6,9-11H2,1H3. The lowest BCUT2D eigenvalue weighted by Gasteiger charge is -2.30. The highest BCUT2D eigenvalue weighted by atomic mass is 32.2. The van der Waals surface area contributed by atoms with Crippen LogP contribution in [0.2, 0.25) is 0 Å². The maximum Gasteiger partial charge on any atom is 0.185 e. The summed E-state index contributed by atoms with van der Waals surface area (Å²) in [5, 5.41) is 0. The molecule has 0 spiro atoms. The van der Waals surface area contributed by atoms with Crippen molar-refractivity contribution in [2.75, 3.05) is 5.75 Å². The minimum Gasteiger partial charge on any atom is -0.299 e. The molecule has 0 aliphatic heterocycles. The number of carbonyl (C=O) groups is 2. The van der Waals surface area contributed by atoms with Crippen LogP contribution in [0.15, 0.2) is 35.2 Å². The zero-order valence-corrected chi connectivity index (χ0v) is 12.3. The molecular weight excluding hydrogens is 276 g/mol. The lowest BCUT2D eigenvalue weighted by Crippen LogP contribution is -2.42. The number of benzene rings is 1. The highest BCUT2D eigenvalue weighted by Gasteiger charge is 2.43. The van der Waals surface area contributed by atoms with Gasteiger partial charge in [-0.05, 0) is 31.9 Å². The predicted octanol–water partition coefficient (Wildman–Crippen LogP) is 2.18. The Morgan fingerprint density at radius 1 is 1.20 bits per heavy atom. The molecule has 2 rings (SSSR count). The lowest BCUT2D eigenvalue weighted by molar-refractivity contribution is -0.140. The van der Waals surface area contributed by atoms with E-state index in [1.54, 1.807) is 25.1 Å². The Balaban J connectivity index is 2.21. The zero-order valence-electron chi connectivity index (χ0n) is 11.5. The highest BCUT2D eigenvalue weighted by Crippen LogP contribution is 2.34. The number of carbonyl (C=O) groups excluding carboxylic acids is 2. The fourth-order valence-corrected chi connectivity index (χ4v) is 3.92. The Labute approximate surface area is 119 Å². The van der Waals surface area contributed by atoms with Crippen LogP contribution in [-0.4, -0.2) is 25.7 Å². The molecule has 1 aromatic rings.